The van der Waals surface area contributed by atoms with Gasteiger partial charge in [0.2, 0.25) is 0 Å². The molecule has 0 saturated carbocycles. The number of hydrogen-bond acceptors (Lipinski definition) is 2. The molecule has 14 heavy (non-hydrogen) atoms. The monoisotopic (exact) mass is 206 g/mol. The smallest absolute Gasteiger partial charge is 0.136 e. The molecule has 68 valence electrons. The van der Waals surface area contributed by atoms with E-state index in [1.807, 2.05) is 6.07 Å². The van der Waals surface area contributed by atoms with Crippen LogP contribution in [0.2, 0.25) is 5.15 Å². The van der Waals surface area contributed by atoms with Crippen molar-refractivity contribution in [2.24, 2.45) is 0 Å². The first-order chi connectivity index (χ1) is 6.72. The summed E-state index contributed by atoms with van der Waals surface area (Å²) in [6.45, 7) is 0. The number of halogens is 2. The summed E-state index contributed by atoms with van der Waals surface area (Å²) in [4.78, 5) is 3.83. The molecule has 0 unspecified atom stereocenters. The normalized spacial score (nSPS) is 10.1. The van der Waals surface area contributed by atoms with Crippen molar-refractivity contribution in [3.63, 3.8) is 0 Å². The Balaban J connectivity index is 2.94. The highest BCUT2D eigenvalue weighted by atomic mass is 35.5. The zero-order valence-corrected chi connectivity index (χ0v) is 7.72. The summed E-state index contributed by atoms with van der Waals surface area (Å²) in [6, 6.07) is 6.02. The minimum Gasteiger partial charge on any atom is -0.243 e. The van der Waals surface area contributed by atoms with E-state index in [9.17, 15) is 4.39 Å². The summed E-state index contributed by atoms with van der Waals surface area (Å²) in [5, 5.41) is 10.1. The van der Waals surface area contributed by atoms with E-state index in [1.54, 1.807) is 0 Å². The molecule has 0 saturated heterocycles. The van der Waals surface area contributed by atoms with Crippen molar-refractivity contribution in [3.8, 4) is 6.07 Å². The first kappa shape index (κ1) is 8.92. The van der Waals surface area contributed by atoms with Crippen LogP contribution in [0.15, 0.2) is 24.4 Å². The Bertz CT molecular complexity index is 546. The van der Waals surface area contributed by atoms with Crippen LogP contribution >= 0.6 is 11.6 Å². The van der Waals surface area contributed by atoms with Crippen molar-refractivity contribution >= 4 is 22.4 Å². The summed E-state index contributed by atoms with van der Waals surface area (Å²) in [5.74, 6) is -0.392. The topological polar surface area (TPSA) is 36.7 Å². The molecule has 0 bridgehead atoms. The Hall–Kier alpha value is -1.66. The molecule has 2 aromatic rings. The number of pyridine rings is 1. The lowest BCUT2D eigenvalue weighted by atomic mass is 10.1. The Morgan fingerprint density at radius 2 is 2.14 bits per heavy atom. The van der Waals surface area contributed by atoms with E-state index in [0.29, 0.717) is 16.3 Å². The second-order valence-corrected chi connectivity index (χ2v) is 3.12. The van der Waals surface area contributed by atoms with Gasteiger partial charge in [-0.2, -0.15) is 5.26 Å². The number of nitrogens with zero attached hydrogens (tertiary/aromatic N) is 2. The second kappa shape index (κ2) is 3.24. The molecule has 2 nitrogen and oxygen atoms in total. The van der Waals surface area contributed by atoms with E-state index in [-0.39, 0.29) is 5.15 Å². The molecule has 0 spiro atoms. The van der Waals surface area contributed by atoms with Crippen LogP contribution < -0.4 is 0 Å². The minimum absolute atomic E-state index is 0.277. The number of hydrogen-bond donors (Lipinski definition) is 0. The zero-order valence-electron chi connectivity index (χ0n) is 6.96. The highest BCUT2D eigenvalue weighted by Crippen LogP contribution is 2.24. The van der Waals surface area contributed by atoms with Gasteiger partial charge in [0, 0.05) is 17.0 Å². The van der Waals surface area contributed by atoms with Gasteiger partial charge in [0.25, 0.3) is 0 Å². The third-order valence-corrected chi connectivity index (χ3v) is 2.22. The summed E-state index contributed by atoms with van der Waals surface area (Å²) >= 11 is 5.80. The van der Waals surface area contributed by atoms with E-state index < -0.39 is 5.82 Å². The van der Waals surface area contributed by atoms with Gasteiger partial charge in [-0.15, -0.1) is 0 Å². The van der Waals surface area contributed by atoms with Gasteiger partial charge in [0.05, 0.1) is 5.56 Å². The molecular weight excluding hydrogens is 203 g/mol. The maximum Gasteiger partial charge on any atom is 0.136 e. The molecule has 0 radical (unpaired) electrons. The molecule has 1 aromatic carbocycles. The van der Waals surface area contributed by atoms with E-state index >= 15 is 0 Å². The number of aromatic nitrogens is 1. The van der Waals surface area contributed by atoms with Gasteiger partial charge < -0.3 is 0 Å². The molecule has 2 rings (SSSR count). The number of benzene rings is 1. The van der Waals surface area contributed by atoms with Crippen molar-refractivity contribution in [1.82, 2.24) is 4.98 Å². The van der Waals surface area contributed by atoms with Gasteiger partial charge in [-0.3, -0.25) is 0 Å². The summed E-state index contributed by atoms with van der Waals surface area (Å²) in [7, 11) is 0. The Kier molecular flexibility index (Phi) is 2.06. The van der Waals surface area contributed by atoms with Crippen LogP contribution in [0.4, 0.5) is 4.39 Å². The fourth-order valence-corrected chi connectivity index (χ4v) is 1.48. The lowest BCUT2D eigenvalue weighted by Gasteiger charge is -2.01. The Morgan fingerprint density at radius 1 is 1.36 bits per heavy atom. The van der Waals surface area contributed by atoms with Crippen LogP contribution in [0.1, 0.15) is 5.56 Å². The van der Waals surface area contributed by atoms with E-state index in [4.69, 9.17) is 16.9 Å². The fraction of sp³-hybridized carbons (Fsp3) is 0. The van der Waals surface area contributed by atoms with Crippen molar-refractivity contribution in [1.29, 1.82) is 5.26 Å². The second-order valence-electron chi connectivity index (χ2n) is 2.76. The Morgan fingerprint density at radius 3 is 2.86 bits per heavy atom. The first-order valence-corrected chi connectivity index (χ1v) is 4.24. The largest absolute Gasteiger partial charge is 0.243 e. The molecule has 0 amide bonds. The summed E-state index contributed by atoms with van der Waals surface area (Å²) < 4.78 is 12.9. The van der Waals surface area contributed by atoms with E-state index in [1.165, 1.54) is 24.4 Å². The average molecular weight is 207 g/mol. The van der Waals surface area contributed by atoms with Gasteiger partial charge >= 0.3 is 0 Å². The molecule has 0 aliphatic carbocycles. The van der Waals surface area contributed by atoms with Crippen molar-refractivity contribution in [3.05, 3.63) is 40.9 Å². The van der Waals surface area contributed by atoms with Crippen LogP contribution in [-0.2, 0) is 0 Å². The maximum absolute atomic E-state index is 12.9. The lowest BCUT2D eigenvalue weighted by molar-refractivity contribution is 0.629. The highest BCUT2D eigenvalue weighted by Gasteiger charge is 2.06. The highest BCUT2D eigenvalue weighted by molar-refractivity contribution is 6.34. The van der Waals surface area contributed by atoms with E-state index in [0.717, 1.165) is 0 Å². The SMILES string of the molecule is N#Cc1cnc(Cl)c2ccc(F)cc12. The third-order valence-electron chi connectivity index (χ3n) is 1.92. The summed E-state index contributed by atoms with van der Waals surface area (Å²) in [5.41, 5.74) is 0.323. The van der Waals surface area contributed by atoms with Crippen molar-refractivity contribution < 1.29 is 4.39 Å². The lowest BCUT2D eigenvalue weighted by Crippen LogP contribution is -1.86. The molecule has 0 aliphatic rings. The standard InChI is InChI=1S/C10H4ClFN2/c11-10-8-2-1-7(12)3-9(8)6(4-13)5-14-10/h1-3,5H. The van der Waals surface area contributed by atoms with Crippen LogP contribution in [-0.4, -0.2) is 4.98 Å². The molecular formula is C10H4ClFN2. The number of rotatable bonds is 0. The molecule has 0 aliphatic heterocycles. The van der Waals surface area contributed by atoms with Crippen LogP contribution in [0.25, 0.3) is 10.8 Å². The molecule has 1 aromatic heterocycles. The third kappa shape index (κ3) is 1.30. The van der Waals surface area contributed by atoms with Gasteiger partial charge in [0.1, 0.15) is 17.0 Å². The van der Waals surface area contributed by atoms with Crippen molar-refractivity contribution in [2.75, 3.05) is 0 Å². The molecule has 1 heterocycles. The predicted octanol–water partition coefficient (Wildman–Crippen LogP) is 2.90. The molecule has 0 atom stereocenters. The van der Waals surface area contributed by atoms with E-state index in [2.05, 4.69) is 4.98 Å². The van der Waals surface area contributed by atoms with Gasteiger partial charge in [-0.05, 0) is 18.2 Å². The van der Waals surface area contributed by atoms with Gasteiger partial charge in [0.15, 0.2) is 0 Å². The summed E-state index contributed by atoms with van der Waals surface area (Å²) in [6.07, 6.45) is 1.34. The first-order valence-electron chi connectivity index (χ1n) is 3.86. The Labute approximate surface area is 84.6 Å². The predicted molar refractivity (Wildman–Crippen MR) is 51.4 cm³/mol. The minimum atomic E-state index is -0.392. The zero-order chi connectivity index (χ0) is 10.1. The maximum atomic E-state index is 12.9. The number of fused-ring (bicyclic) bond motifs is 1. The molecule has 0 fully saturated rings. The van der Waals surface area contributed by atoms with Crippen LogP contribution in [0.3, 0.4) is 0 Å². The van der Waals surface area contributed by atoms with Gasteiger partial charge in [-0.25, -0.2) is 9.37 Å². The van der Waals surface area contributed by atoms with Crippen molar-refractivity contribution in [2.45, 2.75) is 0 Å². The molecule has 4 heteroatoms. The number of nitriles is 1. The van der Waals surface area contributed by atoms with Crippen LogP contribution in [0.5, 0.6) is 0 Å². The van der Waals surface area contributed by atoms with Crippen LogP contribution in [0, 0.1) is 17.1 Å². The fourth-order valence-electron chi connectivity index (χ4n) is 1.27. The quantitative estimate of drug-likeness (QED) is 0.622. The van der Waals surface area contributed by atoms with Gasteiger partial charge in [-0.1, -0.05) is 11.6 Å². The molecule has 0 N–H and O–H groups in total. The average Bonchev–Trinajstić information content (AvgIpc) is 2.18.